The molecule has 2 heterocycles. The Labute approximate surface area is 126 Å². The van der Waals surface area contributed by atoms with Crippen molar-refractivity contribution in [3.8, 4) is 12.3 Å². The lowest BCUT2D eigenvalue weighted by Crippen LogP contribution is -2.30. The number of rotatable bonds is 4. The summed E-state index contributed by atoms with van der Waals surface area (Å²) in [5.74, 6) is 2.39. The zero-order valence-corrected chi connectivity index (χ0v) is 11.9. The lowest BCUT2D eigenvalue weighted by atomic mass is 10.4. The van der Waals surface area contributed by atoms with E-state index in [1.807, 2.05) is 0 Å². The van der Waals surface area contributed by atoms with E-state index in [9.17, 15) is 8.42 Å². The van der Waals surface area contributed by atoms with E-state index < -0.39 is 10.0 Å². The Morgan fingerprint density at radius 3 is 2.68 bits per heavy atom. The predicted octanol–water partition coefficient (Wildman–Crippen LogP) is 0.640. The average Bonchev–Trinajstić information content (AvgIpc) is 3.01. The van der Waals surface area contributed by atoms with Gasteiger partial charge in [0.2, 0.25) is 5.95 Å². The first-order chi connectivity index (χ1) is 10.6. The van der Waals surface area contributed by atoms with E-state index in [0.717, 1.165) is 0 Å². The van der Waals surface area contributed by atoms with E-state index in [0.29, 0.717) is 11.2 Å². The highest BCUT2D eigenvalue weighted by Gasteiger charge is 2.14. The number of anilines is 1. The highest BCUT2D eigenvalue weighted by atomic mass is 32.2. The fraction of sp³-hybridized carbons (Fsp3) is 0. The third-order valence-electron chi connectivity index (χ3n) is 2.77. The topological polar surface area (TPSA) is 113 Å². The minimum absolute atomic E-state index is 0.00653. The summed E-state index contributed by atoms with van der Waals surface area (Å²) in [6.07, 6.45) is 6.79. The van der Waals surface area contributed by atoms with E-state index in [4.69, 9.17) is 6.42 Å². The van der Waals surface area contributed by atoms with Crippen molar-refractivity contribution >= 4 is 27.1 Å². The molecule has 9 heteroatoms. The van der Waals surface area contributed by atoms with Crippen LogP contribution in [0.1, 0.15) is 5.69 Å². The molecule has 0 fully saturated rings. The summed E-state index contributed by atoms with van der Waals surface area (Å²) in [5.41, 5.74) is 3.56. The number of nitrogens with one attached hydrogen (secondary N) is 3. The summed E-state index contributed by atoms with van der Waals surface area (Å²) in [4.78, 5) is 17.2. The highest BCUT2D eigenvalue weighted by molar-refractivity contribution is 7.89. The number of aromatic nitrogens is 4. The highest BCUT2D eigenvalue weighted by Crippen LogP contribution is 2.13. The maximum Gasteiger partial charge on any atom is 0.257 e. The SMILES string of the molecule is C#Cc1nc(NNS(=O)(=O)c2ccccc2)nc2nc[nH]c12. The van der Waals surface area contributed by atoms with Crippen molar-refractivity contribution in [3.63, 3.8) is 0 Å². The summed E-state index contributed by atoms with van der Waals surface area (Å²) >= 11 is 0. The summed E-state index contributed by atoms with van der Waals surface area (Å²) in [5, 5.41) is 0. The number of fused-ring (bicyclic) bond motifs is 1. The Kier molecular flexibility index (Phi) is 3.46. The zero-order chi connectivity index (χ0) is 15.6. The van der Waals surface area contributed by atoms with E-state index in [1.165, 1.54) is 18.5 Å². The molecule has 0 radical (unpaired) electrons. The van der Waals surface area contributed by atoms with Crippen LogP contribution < -0.4 is 10.3 Å². The monoisotopic (exact) mass is 314 g/mol. The molecule has 2 aromatic heterocycles. The number of aromatic amines is 1. The van der Waals surface area contributed by atoms with Crippen molar-refractivity contribution in [3.05, 3.63) is 42.4 Å². The molecule has 110 valence electrons. The van der Waals surface area contributed by atoms with E-state index in [1.54, 1.807) is 18.2 Å². The second-order valence-corrected chi connectivity index (χ2v) is 5.87. The van der Waals surface area contributed by atoms with Gasteiger partial charge < -0.3 is 4.98 Å². The third-order valence-corrected chi connectivity index (χ3v) is 4.04. The molecule has 0 bridgehead atoms. The molecule has 0 unspecified atom stereocenters. The van der Waals surface area contributed by atoms with Crippen molar-refractivity contribution in [2.45, 2.75) is 4.90 Å². The Hall–Kier alpha value is -2.96. The number of hydrazine groups is 1. The molecule has 0 saturated carbocycles. The largest absolute Gasteiger partial charge is 0.341 e. The number of sulfonamides is 1. The van der Waals surface area contributed by atoms with Gasteiger partial charge in [0.05, 0.1) is 11.2 Å². The molecule has 0 aliphatic rings. The number of terminal acetylenes is 1. The van der Waals surface area contributed by atoms with Crippen LogP contribution in [0.2, 0.25) is 0 Å². The van der Waals surface area contributed by atoms with Crippen molar-refractivity contribution in [2.24, 2.45) is 0 Å². The minimum atomic E-state index is -3.74. The van der Waals surface area contributed by atoms with Crippen LogP contribution in [-0.2, 0) is 10.0 Å². The molecule has 0 aliphatic carbocycles. The van der Waals surface area contributed by atoms with E-state index >= 15 is 0 Å². The van der Waals surface area contributed by atoms with Crippen LogP contribution in [0.5, 0.6) is 0 Å². The first-order valence-electron chi connectivity index (χ1n) is 6.11. The van der Waals surface area contributed by atoms with Gasteiger partial charge in [-0.25, -0.2) is 18.4 Å². The van der Waals surface area contributed by atoms with Gasteiger partial charge in [0.15, 0.2) is 5.65 Å². The molecule has 3 rings (SSSR count). The first kappa shape index (κ1) is 14.0. The molecular weight excluding hydrogens is 304 g/mol. The summed E-state index contributed by atoms with van der Waals surface area (Å²) in [7, 11) is -3.74. The summed E-state index contributed by atoms with van der Waals surface area (Å²) in [6, 6.07) is 7.90. The molecule has 0 saturated heterocycles. The lowest BCUT2D eigenvalue weighted by Gasteiger charge is -2.08. The van der Waals surface area contributed by atoms with Crippen molar-refractivity contribution in [1.82, 2.24) is 24.8 Å². The molecule has 0 atom stereocenters. The third kappa shape index (κ3) is 2.60. The van der Waals surface area contributed by atoms with Crippen LogP contribution in [-0.4, -0.2) is 28.4 Å². The maximum atomic E-state index is 12.1. The zero-order valence-electron chi connectivity index (χ0n) is 11.1. The van der Waals surface area contributed by atoms with Gasteiger partial charge in [-0.3, -0.25) is 5.43 Å². The number of H-pyrrole nitrogens is 1. The number of hydrogen-bond donors (Lipinski definition) is 3. The fourth-order valence-corrected chi connectivity index (χ4v) is 2.62. The van der Waals surface area contributed by atoms with Crippen molar-refractivity contribution in [2.75, 3.05) is 5.43 Å². The van der Waals surface area contributed by atoms with Crippen LogP contribution in [0.25, 0.3) is 11.2 Å². The van der Waals surface area contributed by atoms with Gasteiger partial charge >= 0.3 is 0 Å². The predicted molar refractivity (Wildman–Crippen MR) is 80.0 cm³/mol. The van der Waals surface area contributed by atoms with Crippen LogP contribution in [0.3, 0.4) is 0 Å². The quantitative estimate of drug-likeness (QED) is 0.481. The van der Waals surface area contributed by atoms with Gasteiger partial charge in [-0.15, -0.1) is 11.3 Å². The van der Waals surface area contributed by atoms with Gasteiger partial charge in [-0.05, 0) is 18.1 Å². The first-order valence-corrected chi connectivity index (χ1v) is 7.59. The van der Waals surface area contributed by atoms with Crippen LogP contribution in [0.4, 0.5) is 5.95 Å². The molecule has 0 spiro atoms. The van der Waals surface area contributed by atoms with Gasteiger partial charge in [0.1, 0.15) is 11.2 Å². The van der Waals surface area contributed by atoms with Crippen LogP contribution in [0.15, 0.2) is 41.6 Å². The van der Waals surface area contributed by atoms with Gasteiger partial charge in [0.25, 0.3) is 10.0 Å². The van der Waals surface area contributed by atoms with Gasteiger partial charge in [-0.2, -0.15) is 4.98 Å². The molecule has 22 heavy (non-hydrogen) atoms. The number of nitrogens with zero attached hydrogens (tertiary/aromatic N) is 3. The second-order valence-electron chi connectivity index (χ2n) is 4.18. The molecule has 3 aromatic rings. The Morgan fingerprint density at radius 1 is 1.18 bits per heavy atom. The molecule has 8 nitrogen and oxygen atoms in total. The lowest BCUT2D eigenvalue weighted by molar-refractivity contribution is 0.587. The average molecular weight is 314 g/mol. The Bertz CT molecular complexity index is 959. The molecule has 0 aliphatic heterocycles. The van der Waals surface area contributed by atoms with Crippen molar-refractivity contribution in [1.29, 1.82) is 0 Å². The van der Waals surface area contributed by atoms with Crippen LogP contribution >= 0.6 is 0 Å². The minimum Gasteiger partial charge on any atom is -0.341 e. The number of imidazole rings is 1. The fourth-order valence-electron chi connectivity index (χ4n) is 1.76. The molecular formula is C13H10N6O2S. The Balaban J connectivity index is 1.87. The second kappa shape index (κ2) is 5.44. The number of benzene rings is 1. The molecule has 0 amide bonds. The van der Waals surface area contributed by atoms with E-state index in [-0.39, 0.29) is 16.5 Å². The summed E-state index contributed by atoms with van der Waals surface area (Å²) < 4.78 is 24.2. The number of hydrogen-bond acceptors (Lipinski definition) is 6. The van der Waals surface area contributed by atoms with E-state index in [2.05, 4.69) is 36.1 Å². The van der Waals surface area contributed by atoms with Crippen molar-refractivity contribution < 1.29 is 8.42 Å². The maximum absolute atomic E-state index is 12.1. The normalized spacial score (nSPS) is 11.2. The molecule has 1 aromatic carbocycles. The molecule has 3 N–H and O–H groups in total. The standard InChI is InChI=1S/C13H10N6O2S/c1-2-10-11-12(15-8-14-11)17-13(16-10)18-19-22(20,21)9-6-4-3-5-7-9/h1,3-8,19H,(H2,14,15,16,17,18). The van der Waals surface area contributed by atoms with Crippen LogP contribution in [0, 0.1) is 12.3 Å². The summed E-state index contributed by atoms with van der Waals surface area (Å²) in [6.45, 7) is 0. The van der Waals surface area contributed by atoms with Gasteiger partial charge in [-0.1, -0.05) is 18.2 Å². The smallest absolute Gasteiger partial charge is 0.257 e. The van der Waals surface area contributed by atoms with Gasteiger partial charge in [0, 0.05) is 0 Å². The Morgan fingerprint density at radius 2 is 1.95 bits per heavy atom.